The molecule has 23 heavy (non-hydrogen) atoms. The van der Waals surface area contributed by atoms with Gasteiger partial charge in [-0.1, -0.05) is 25.5 Å². The van der Waals surface area contributed by atoms with Crippen molar-refractivity contribution in [3.63, 3.8) is 0 Å². The molecule has 0 aliphatic rings. The highest BCUT2D eigenvalue weighted by atomic mass is 19.1. The highest BCUT2D eigenvalue weighted by molar-refractivity contribution is 5.93. The lowest BCUT2D eigenvalue weighted by molar-refractivity contribution is 0.0952. The first-order valence-corrected chi connectivity index (χ1v) is 7.77. The molecule has 5 nitrogen and oxygen atoms in total. The van der Waals surface area contributed by atoms with Crippen molar-refractivity contribution >= 4 is 11.9 Å². The average Bonchev–Trinajstić information content (AvgIpc) is 2.57. The Hall–Kier alpha value is -2.50. The van der Waals surface area contributed by atoms with Crippen LogP contribution in [0.4, 0.5) is 10.3 Å². The molecule has 0 radical (unpaired) electrons. The topological polar surface area (TPSA) is 66.9 Å². The Balaban J connectivity index is 1.78. The van der Waals surface area contributed by atoms with E-state index in [1.54, 1.807) is 12.1 Å². The van der Waals surface area contributed by atoms with Crippen molar-refractivity contribution in [3.05, 3.63) is 53.6 Å². The Bertz CT molecular complexity index is 613. The van der Waals surface area contributed by atoms with Gasteiger partial charge in [-0.2, -0.15) is 0 Å². The van der Waals surface area contributed by atoms with Gasteiger partial charge < -0.3 is 10.6 Å². The van der Waals surface area contributed by atoms with Crippen molar-refractivity contribution in [3.8, 4) is 0 Å². The number of hydrogen-bond acceptors (Lipinski definition) is 4. The van der Waals surface area contributed by atoms with Gasteiger partial charge in [0.2, 0.25) is 5.95 Å². The van der Waals surface area contributed by atoms with Gasteiger partial charge in [-0.25, -0.2) is 14.4 Å². The molecule has 122 valence electrons. The molecular formula is C17H21FN4O. The van der Waals surface area contributed by atoms with Gasteiger partial charge >= 0.3 is 0 Å². The first-order chi connectivity index (χ1) is 11.2. The molecule has 0 aliphatic carbocycles. The third kappa shape index (κ3) is 5.65. The van der Waals surface area contributed by atoms with Crippen molar-refractivity contribution in [2.75, 3.05) is 18.4 Å². The molecule has 0 unspecified atom stereocenters. The van der Waals surface area contributed by atoms with Gasteiger partial charge in [-0.3, -0.25) is 4.79 Å². The van der Waals surface area contributed by atoms with Crippen molar-refractivity contribution in [1.82, 2.24) is 15.3 Å². The Kier molecular flexibility index (Phi) is 6.47. The summed E-state index contributed by atoms with van der Waals surface area (Å²) in [6.07, 6.45) is 5.75. The summed E-state index contributed by atoms with van der Waals surface area (Å²) in [7, 11) is 0. The van der Waals surface area contributed by atoms with E-state index in [9.17, 15) is 9.18 Å². The molecule has 0 spiro atoms. The summed E-state index contributed by atoms with van der Waals surface area (Å²) in [5, 5.41) is 5.90. The highest BCUT2D eigenvalue weighted by Gasteiger charge is 2.06. The first kappa shape index (κ1) is 16.9. The number of carbonyl (C=O) groups is 1. The molecule has 0 saturated heterocycles. The van der Waals surface area contributed by atoms with Crippen LogP contribution in [0.3, 0.4) is 0 Å². The lowest BCUT2D eigenvalue weighted by Crippen LogP contribution is -2.24. The van der Waals surface area contributed by atoms with Crippen molar-refractivity contribution in [1.29, 1.82) is 0 Å². The van der Waals surface area contributed by atoms with E-state index in [4.69, 9.17) is 0 Å². The summed E-state index contributed by atoms with van der Waals surface area (Å²) < 4.78 is 12.8. The molecule has 1 aromatic heterocycles. The van der Waals surface area contributed by atoms with Crippen LogP contribution in [0.1, 0.15) is 35.7 Å². The number of amides is 1. The van der Waals surface area contributed by atoms with E-state index in [1.807, 2.05) is 0 Å². The summed E-state index contributed by atoms with van der Waals surface area (Å²) in [5.41, 5.74) is 1.48. The zero-order valence-electron chi connectivity index (χ0n) is 13.2. The SMILES string of the molecule is CCCCNC(=O)c1cnc(NCCc2ccc(F)cc2)nc1. The van der Waals surface area contributed by atoms with Crippen LogP contribution >= 0.6 is 0 Å². The van der Waals surface area contributed by atoms with Gasteiger partial charge in [-0.05, 0) is 30.5 Å². The molecule has 2 N–H and O–H groups in total. The summed E-state index contributed by atoms with van der Waals surface area (Å²) in [6, 6.07) is 6.39. The monoisotopic (exact) mass is 316 g/mol. The number of benzene rings is 1. The molecule has 2 aromatic rings. The Labute approximate surface area is 135 Å². The second-order valence-corrected chi connectivity index (χ2v) is 5.21. The molecular weight excluding hydrogens is 295 g/mol. The minimum absolute atomic E-state index is 0.156. The number of unbranched alkanes of at least 4 members (excludes halogenated alkanes) is 1. The third-order valence-corrected chi connectivity index (χ3v) is 3.34. The predicted molar refractivity (Wildman–Crippen MR) is 87.9 cm³/mol. The number of halogens is 1. The fourth-order valence-electron chi connectivity index (χ4n) is 1.99. The molecule has 0 fully saturated rings. The minimum atomic E-state index is -0.238. The molecule has 0 atom stereocenters. The van der Waals surface area contributed by atoms with Gasteiger partial charge in [0.1, 0.15) is 5.82 Å². The number of carbonyl (C=O) groups excluding carboxylic acids is 1. The van der Waals surface area contributed by atoms with Crippen molar-refractivity contribution in [2.24, 2.45) is 0 Å². The second-order valence-electron chi connectivity index (χ2n) is 5.21. The standard InChI is InChI=1S/C17H21FN4O/c1-2-3-9-19-16(23)14-11-21-17(22-12-14)20-10-8-13-4-6-15(18)7-5-13/h4-7,11-12H,2-3,8-10H2,1H3,(H,19,23)(H,20,21,22). The molecule has 1 aromatic carbocycles. The van der Waals surface area contributed by atoms with E-state index in [0.717, 1.165) is 24.8 Å². The van der Waals surface area contributed by atoms with Gasteiger partial charge in [0.25, 0.3) is 5.91 Å². The van der Waals surface area contributed by atoms with E-state index >= 15 is 0 Å². The first-order valence-electron chi connectivity index (χ1n) is 7.77. The molecule has 1 heterocycles. The van der Waals surface area contributed by atoms with Crippen LogP contribution in [0.15, 0.2) is 36.7 Å². The van der Waals surface area contributed by atoms with Crippen LogP contribution in [0.25, 0.3) is 0 Å². The fraction of sp³-hybridized carbons (Fsp3) is 0.353. The van der Waals surface area contributed by atoms with Crippen LogP contribution in [-0.2, 0) is 6.42 Å². The van der Waals surface area contributed by atoms with Crippen LogP contribution in [0, 0.1) is 5.82 Å². The lowest BCUT2D eigenvalue weighted by Gasteiger charge is -2.06. The molecule has 0 bridgehead atoms. The van der Waals surface area contributed by atoms with Crippen molar-refractivity contribution in [2.45, 2.75) is 26.2 Å². The smallest absolute Gasteiger partial charge is 0.254 e. The zero-order valence-corrected chi connectivity index (χ0v) is 13.2. The highest BCUT2D eigenvalue weighted by Crippen LogP contribution is 2.05. The van der Waals surface area contributed by atoms with E-state index in [-0.39, 0.29) is 11.7 Å². The quantitative estimate of drug-likeness (QED) is 0.735. The number of hydrogen-bond donors (Lipinski definition) is 2. The van der Waals surface area contributed by atoms with Crippen LogP contribution < -0.4 is 10.6 Å². The maximum Gasteiger partial charge on any atom is 0.254 e. The summed E-state index contributed by atoms with van der Waals surface area (Å²) in [4.78, 5) is 20.1. The fourth-order valence-corrected chi connectivity index (χ4v) is 1.99. The van der Waals surface area contributed by atoms with Crippen LogP contribution in [0.5, 0.6) is 0 Å². The Morgan fingerprint density at radius 1 is 1.13 bits per heavy atom. The zero-order chi connectivity index (χ0) is 16.5. The van der Waals surface area contributed by atoms with Gasteiger partial charge in [0.15, 0.2) is 0 Å². The molecule has 2 rings (SSSR count). The largest absolute Gasteiger partial charge is 0.354 e. The Morgan fingerprint density at radius 3 is 2.48 bits per heavy atom. The average molecular weight is 316 g/mol. The number of nitrogens with one attached hydrogen (secondary N) is 2. The second kappa shape index (κ2) is 8.82. The summed E-state index contributed by atoms with van der Waals surface area (Å²) in [6.45, 7) is 3.36. The molecule has 6 heteroatoms. The predicted octanol–water partition coefficient (Wildman–Crippen LogP) is 2.80. The van der Waals surface area contributed by atoms with Crippen LogP contribution in [-0.4, -0.2) is 29.0 Å². The molecule has 1 amide bonds. The lowest BCUT2D eigenvalue weighted by atomic mass is 10.1. The Morgan fingerprint density at radius 2 is 1.83 bits per heavy atom. The van der Waals surface area contributed by atoms with E-state index in [1.165, 1.54) is 24.5 Å². The minimum Gasteiger partial charge on any atom is -0.354 e. The van der Waals surface area contributed by atoms with Gasteiger partial charge in [0.05, 0.1) is 5.56 Å². The van der Waals surface area contributed by atoms with Crippen molar-refractivity contribution < 1.29 is 9.18 Å². The van der Waals surface area contributed by atoms with E-state index in [0.29, 0.717) is 24.6 Å². The maximum absolute atomic E-state index is 12.8. The normalized spacial score (nSPS) is 10.3. The molecule has 0 saturated carbocycles. The van der Waals surface area contributed by atoms with E-state index in [2.05, 4.69) is 27.5 Å². The number of nitrogens with zero attached hydrogens (tertiary/aromatic N) is 2. The maximum atomic E-state index is 12.8. The number of aromatic nitrogens is 2. The third-order valence-electron chi connectivity index (χ3n) is 3.34. The summed E-state index contributed by atoms with van der Waals surface area (Å²) >= 11 is 0. The van der Waals surface area contributed by atoms with E-state index < -0.39 is 0 Å². The number of rotatable bonds is 8. The number of anilines is 1. The summed E-state index contributed by atoms with van der Waals surface area (Å²) in [5.74, 6) is 0.0753. The van der Waals surface area contributed by atoms with Gasteiger partial charge in [0, 0.05) is 25.5 Å². The van der Waals surface area contributed by atoms with Gasteiger partial charge in [-0.15, -0.1) is 0 Å². The van der Waals surface area contributed by atoms with Crippen LogP contribution in [0.2, 0.25) is 0 Å². The molecule has 0 aliphatic heterocycles.